The monoisotopic (exact) mass is 289 g/mol. The number of carbonyl (C=O) groups is 1. The summed E-state index contributed by atoms with van der Waals surface area (Å²) >= 11 is 6.07. The van der Waals surface area contributed by atoms with Crippen molar-refractivity contribution in [2.24, 2.45) is 12.8 Å². The molecule has 2 rings (SSSR count). The summed E-state index contributed by atoms with van der Waals surface area (Å²) < 4.78 is 1.46. The Hall–Kier alpha value is -2.36. The van der Waals surface area contributed by atoms with Crippen molar-refractivity contribution in [1.82, 2.24) is 14.8 Å². The zero-order chi connectivity index (χ0) is 14.5. The van der Waals surface area contributed by atoms with Crippen LogP contribution in [0.25, 0.3) is 0 Å². The highest BCUT2D eigenvalue weighted by Crippen LogP contribution is 2.17. The van der Waals surface area contributed by atoms with Crippen molar-refractivity contribution in [3.63, 3.8) is 0 Å². The molecule has 6 nitrogen and oxygen atoms in total. The van der Waals surface area contributed by atoms with Crippen LogP contribution in [0.4, 0.5) is 5.95 Å². The van der Waals surface area contributed by atoms with Crippen molar-refractivity contribution in [1.29, 1.82) is 0 Å². The second-order valence-electron chi connectivity index (χ2n) is 3.86. The van der Waals surface area contributed by atoms with Crippen LogP contribution in [-0.4, -0.2) is 27.2 Å². The van der Waals surface area contributed by atoms with Crippen LogP contribution < -0.4 is 11.1 Å². The normalized spacial score (nSPS) is 9.75. The lowest BCUT2D eigenvalue weighted by atomic mass is 10.1. The molecule has 0 bridgehead atoms. The molecular formula is C13H12ClN5O. The molecule has 0 atom stereocenters. The number of nitrogens with zero attached hydrogens (tertiary/aromatic N) is 3. The van der Waals surface area contributed by atoms with Crippen molar-refractivity contribution >= 4 is 23.5 Å². The van der Waals surface area contributed by atoms with Crippen molar-refractivity contribution in [2.45, 2.75) is 0 Å². The first-order valence-corrected chi connectivity index (χ1v) is 6.13. The Balaban J connectivity index is 2.19. The molecule has 0 saturated carbocycles. The third kappa shape index (κ3) is 3.15. The molecule has 2 aromatic rings. The van der Waals surface area contributed by atoms with E-state index in [1.54, 1.807) is 25.2 Å². The minimum Gasteiger partial charge on any atom is -0.320 e. The van der Waals surface area contributed by atoms with Crippen molar-refractivity contribution < 1.29 is 4.79 Å². The third-order valence-corrected chi connectivity index (χ3v) is 2.81. The highest BCUT2D eigenvalue weighted by Gasteiger charge is 2.10. The van der Waals surface area contributed by atoms with Crippen LogP contribution in [0.1, 0.15) is 15.9 Å². The number of hydrogen-bond donors (Lipinski definition) is 2. The fourth-order valence-corrected chi connectivity index (χ4v) is 1.71. The van der Waals surface area contributed by atoms with Crippen LogP contribution in [0.5, 0.6) is 0 Å². The smallest absolute Gasteiger partial charge is 0.258 e. The molecule has 0 fully saturated rings. The Morgan fingerprint density at radius 2 is 2.35 bits per heavy atom. The van der Waals surface area contributed by atoms with Gasteiger partial charge in [0.15, 0.2) is 0 Å². The molecule has 1 amide bonds. The summed E-state index contributed by atoms with van der Waals surface area (Å²) in [4.78, 5) is 15.9. The van der Waals surface area contributed by atoms with E-state index in [9.17, 15) is 4.79 Å². The fourth-order valence-electron chi connectivity index (χ4n) is 1.49. The molecule has 1 aromatic carbocycles. The number of aryl methyl sites for hydroxylation is 1. The number of benzene rings is 1. The molecule has 1 aromatic heterocycles. The van der Waals surface area contributed by atoms with Gasteiger partial charge in [-0.25, -0.2) is 4.68 Å². The Morgan fingerprint density at radius 1 is 1.55 bits per heavy atom. The minimum absolute atomic E-state index is 0.255. The van der Waals surface area contributed by atoms with E-state index in [0.29, 0.717) is 22.1 Å². The molecule has 0 aliphatic rings. The molecule has 0 aliphatic carbocycles. The summed E-state index contributed by atoms with van der Waals surface area (Å²) in [6, 6.07) is 4.86. The lowest BCUT2D eigenvalue weighted by Crippen LogP contribution is -2.15. The lowest BCUT2D eigenvalue weighted by molar-refractivity contribution is 0.102. The van der Waals surface area contributed by atoms with Crippen molar-refractivity contribution in [3.05, 3.63) is 40.7 Å². The molecule has 3 N–H and O–H groups in total. The molecule has 1 heterocycles. The van der Waals surface area contributed by atoms with E-state index in [-0.39, 0.29) is 12.5 Å². The van der Waals surface area contributed by atoms with E-state index in [1.807, 2.05) is 0 Å². The molecule has 7 heteroatoms. The highest BCUT2D eigenvalue weighted by atomic mass is 35.5. The van der Waals surface area contributed by atoms with E-state index in [2.05, 4.69) is 27.2 Å². The van der Waals surface area contributed by atoms with Crippen molar-refractivity contribution in [3.8, 4) is 11.8 Å². The topological polar surface area (TPSA) is 85.8 Å². The average Bonchev–Trinajstić information content (AvgIpc) is 2.83. The summed E-state index contributed by atoms with van der Waals surface area (Å²) in [5.41, 5.74) is 6.34. The zero-order valence-electron chi connectivity index (χ0n) is 10.7. The largest absolute Gasteiger partial charge is 0.320 e. The summed E-state index contributed by atoms with van der Waals surface area (Å²) in [5.74, 6) is 5.58. The molecule has 0 saturated heterocycles. The predicted molar refractivity (Wildman–Crippen MR) is 76.3 cm³/mol. The van der Waals surface area contributed by atoms with Crippen LogP contribution in [-0.2, 0) is 7.05 Å². The number of halogens is 1. The zero-order valence-corrected chi connectivity index (χ0v) is 11.5. The third-order valence-electron chi connectivity index (χ3n) is 2.49. The second kappa shape index (κ2) is 6.19. The molecule has 20 heavy (non-hydrogen) atoms. The van der Waals surface area contributed by atoms with Gasteiger partial charge in [-0.3, -0.25) is 10.1 Å². The maximum absolute atomic E-state index is 12.0. The summed E-state index contributed by atoms with van der Waals surface area (Å²) in [5, 5.41) is 6.90. The predicted octanol–water partition coefficient (Wildman–Crippen LogP) is 1.03. The Labute approximate surface area is 120 Å². The quantitative estimate of drug-likeness (QED) is 0.809. The fraction of sp³-hybridized carbons (Fsp3) is 0.154. The molecular weight excluding hydrogens is 278 g/mol. The maximum Gasteiger partial charge on any atom is 0.258 e. The SMILES string of the molecule is Cn1ncnc1NC(=O)c1ccc(C#CCN)c(Cl)c1. The van der Waals surface area contributed by atoms with Crippen LogP contribution in [0.2, 0.25) is 5.02 Å². The van der Waals surface area contributed by atoms with Gasteiger partial charge in [-0.05, 0) is 18.2 Å². The van der Waals surface area contributed by atoms with Gasteiger partial charge in [0.25, 0.3) is 5.91 Å². The van der Waals surface area contributed by atoms with Crippen LogP contribution in [0.3, 0.4) is 0 Å². The maximum atomic E-state index is 12.0. The van der Waals surface area contributed by atoms with Gasteiger partial charge >= 0.3 is 0 Å². The van der Waals surface area contributed by atoms with Gasteiger partial charge in [0.2, 0.25) is 5.95 Å². The summed E-state index contributed by atoms with van der Waals surface area (Å²) in [6.07, 6.45) is 1.36. The number of hydrogen-bond acceptors (Lipinski definition) is 4. The van der Waals surface area contributed by atoms with Gasteiger partial charge in [0.05, 0.1) is 11.6 Å². The molecule has 0 radical (unpaired) electrons. The first kappa shape index (κ1) is 14.1. The van der Waals surface area contributed by atoms with Gasteiger partial charge in [0.1, 0.15) is 6.33 Å². The second-order valence-corrected chi connectivity index (χ2v) is 4.27. The first-order chi connectivity index (χ1) is 9.61. The Kier molecular flexibility index (Phi) is 4.35. The first-order valence-electron chi connectivity index (χ1n) is 5.75. The van der Waals surface area contributed by atoms with Crippen LogP contribution in [0.15, 0.2) is 24.5 Å². The Bertz CT molecular complexity index is 698. The van der Waals surface area contributed by atoms with Gasteiger partial charge in [-0.15, -0.1) is 0 Å². The summed E-state index contributed by atoms with van der Waals surface area (Å²) in [7, 11) is 1.68. The van der Waals surface area contributed by atoms with E-state index >= 15 is 0 Å². The van der Waals surface area contributed by atoms with Crippen molar-refractivity contribution in [2.75, 3.05) is 11.9 Å². The molecule has 102 valence electrons. The van der Waals surface area contributed by atoms with Crippen LogP contribution in [0, 0.1) is 11.8 Å². The molecule has 0 unspecified atom stereocenters. The van der Waals surface area contributed by atoms with Gasteiger partial charge < -0.3 is 5.73 Å². The van der Waals surface area contributed by atoms with E-state index < -0.39 is 0 Å². The average molecular weight is 290 g/mol. The Morgan fingerprint density at radius 3 is 2.95 bits per heavy atom. The number of nitrogens with two attached hydrogens (primary N) is 1. The van der Waals surface area contributed by atoms with Gasteiger partial charge in [0, 0.05) is 18.2 Å². The van der Waals surface area contributed by atoms with E-state index in [0.717, 1.165) is 0 Å². The van der Waals surface area contributed by atoms with Gasteiger partial charge in [-0.2, -0.15) is 10.1 Å². The lowest BCUT2D eigenvalue weighted by Gasteiger charge is -2.05. The molecule has 0 aliphatic heterocycles. The summed E-state index contributed by atoms with van der Waals surface area (Å²) in [6.45, 7) is 0.255. The number of aromatic nitrogens is 3. The molecule has 0 spiro atoms. The number of rotatable bonds is 2. The number of nitrogens with one attached hydrogen (secondary N) is 1. The minimum atomic E-state index is -0.318. The number of carbonyl (C=O) groups excluding carboxylic acids is 1. The highest BCUT2D eigenvalue weighted by molar-refractivity contribution is 6.32. The number of anilines is 1. The van der Waals surface area contributed by atoms with Crippen LogP contribution >= 0.6 is 11.6 Å². The standard InChI is InChI=1S/C13H12ClN5O/c1-19-13(16-8-17-19)18-12(20)10-5-4-9(3-2-6-15)11(14)7-10/h4-5,7-8H,6,15H2,1H3,(H,16,17,18,20). The van der Waals surface area contributed by atoms with E-state index in [1.165, 1.54) is 11.0 Å². The number of amides is 1. The van der Waals surface area contributed by atoms with E-state index in [4.69, 9.17) is 17.3 Å². The van der Waals surface area contributed by atoms with Gasteiger partial charge in [-0.1, -0.05) is 23.4 Å².